The number of aryl methyl sites for hydroxylation is 1. The molecule has 1 aromatic heterocycles. The van der Waals surface area contributed by atoms with E-state index in [1.54, 1.807) is 24.2 Å². The summed E-state index contributed by atoms with van der Waals surface area (Å²) in [6.45, 7) is 2.25. The van der Waals surface area contributed by atoms with Crippen molar-refractivity contribution in [2.24, 2.45) is 18.4 Å². The first-order valence-corrected chi connectivity index (χ1v) is 6.70. The largest absolute Gasteiger partial charge is 0.396 e. The van der Waals surface area contributed by atoms with Gasteiger partial charge < -0.3 is 19.3 Å². The van der Waals surface area contributed by atoms with E-state index in [0.717, 1.165) is 0 Å². The second kappa shape index (κ2) is 4.71. The lowest BCUT2D eigenvalue weighted by Crippen LogP contribution is -2.36. The molecule has 3 rings (SSSR count). The summed E-state index contributed by atoms with van der Waals surface area (Å²) in [7, 11) is 1.63. The predicted molar refractivity (Wildman–Crippen MR) is 71.4 cm³/mol. The van der Waals surface area contributed by atoms with Crippen molar-refractivity contribution in [1.29, 1.82) is 0 Å². The summed E-state index contributed by atoms with van der Waals surface area (Å²) < 4.78 is 6.83. The van der Waals surface area contributed by atoms with Crippen LogP contribution in [0.4, 0.5) is 0 Å². The second-order valence-electron chi connectivity index (χ2n) is 5.79. The number of fused-ring (bicyclic) bond motifs is 1. The summed E-state index contributed by atoms with van der Waals surface area (Å²) in [5, 5.41) is 9.61. The van der Waals surface area contributed by atoms with Crippen LogP contribution in [0.5, 0.6) is 0 Å². The van der Waals surface area contributed by atoms with Gasteiger partial charge in [-0.05, 0) is 6.07 Å². The van der Waals surface area contributed by atoms with Gasteiger partial charge in [0, 0.05) is 43.7 Å². The van der Waals surface area contributed by atoms with Gasteiger partial charge in [-0.1, -0.05) is 0 Å². The quantitative estimate of drug-likeness (QED) is 0.789. The van der Waals surface area contributed by atoms with E-state index < -0.39 is 0 Å². The highest BCUT2D eigenvalue weighted by Crippen LogP contribution is 2.41. The van der Waals surface area contributed by atoms with Gasteiger partial charge in [0.2, 0.25) is 5.56 Å². The van der Waals surface area contributed by atoms with Crippen LogP contribution in [0, 0.1) is 11.3 Å². The number of carbonyl (C=O) groups is 1. The lowest BCUT2D eigenvalue weighted by molar-refractivity contribution is 0.0630. The molecule has 20 heavy (non-hydrogen) atoms. The first-order valence-electron chi connectivity index (χ1n) is 6.70. The van der Waals surface area contributed by atoms with Crippen molar-refractivity contribution >= 4 is 5.91 Å². The molecule has 0 unspecified atom stereocenters. The first kappa shape index (κ1) is 13.3. The van der Waals surface area contributed by atoms with Crippen molar-refractivity contribution in [1.82, 2.24) is 9.47 Å². The molecule has 2 aliphatic heterocycles. The number of hydrogen-bond donors (Lipinski definition) is 1. The van der Waals surface area contributed by atoms with Crippen LogP contribution >= 0.6 is 0 Å². The first-order chi connectivity index (χ1) is 9.55. The van der Waals surface area contributed by atoms with Gasteiger partial charge >= 0.3 is 0 Å². The zero-order valence-electron chi connectivity index (χ0n) is 11.4. The second-order valence-corrected chi connectivity index (χ2v) is 5.79. The molecule has 2 atom stereocenters. The Hall–Kier alpha value is -1.66. The van der Waals surface area contributed by atoms with Crippen LogP contribution in [-0.4, -0.2) is 53.4 Å². The Kier molecular flexibility index (Phi) is 3.14. The minimum atomic E-state index is -0.309. The third-order valence-electron chi connectivity index (χ3n) is 4.46. The normalized spacial score (nSPS) is 28.7. The molecule has 0 aromatic carbocycles. The summed E-state index contributed by atoms with van der Waals surface area (Å²) in [4.78, 5) is 25.6. The Morgan fingerprint density at radius 1 is 1.55 bits per heavy atom. The maximum absolute atomic E-state index is 12.5. The number of carbonyl (C=O) groups excluding carboxylic acids is 1. The number of aliphatic hydroxyl groups is 1. The Morgan fingerprint density at radius 3 is 3.00 bits per heavy atom. The third-order valence-corrected chi connectivity index (χ3v) is 4.46. The van der Waals surface area contributed by atoms with Gasteiger partial charge in [-0.15, -0.1) is 0 Å². The summed E-state index contributed by atoms with van der Waals surface area (Å²) >= 11 is 0. The molecule has 6 heteroatoms. The van der Waals surface area contributed by atoms with Gasteiger partial charge in [-0.25, -0.2) is 0 Å². The fourth-order valence-corrected chi connectivity index (χ4v) is 3.11. The SMILES string of the molecule is Cn1cc(C(=O)N2C[C@H]3COC[C@@]3(CO)C2)ccc1=O. The highest BCUT2D eigenvalue weighted by molar-refractivity contribution is 5.94. The number of pyridine rings is 1. The fraction of sp³-hybridized carbons (Fsp3) is 0.571. The molecule has 0 radical (unpaired) electrons. The number of ether oxygens (including phenoxy) is 1. The molecule has 2 fully saturated rings. The smallest absolute Gasteiger partial charge is 0.255 e. The van der Waals surface area contributed by atoms with Gasteiger partial charge in [-0.3, -0.25) is 9.59 Å². The van der Waals surface area contributed by atoms with Gasteiger partial charge in [0.15, 0.2) is 0 Å². The predicted octanol–water partition coefficient (Wildman–Crippen LogP) is -0.534. The number of aliphatic hydroxyl groups excluding tert-OH is 1. The van der Waals surface area contributed by atoms with Crippen LogP contribution in [0.1, 0.15) is 10.4 Å². The molecular weight excluding hydrogens is 260 g/mol. The minimum Gasteiger partial charge on any atom is -0.396 e. The van der Waals surface area contributed by atoms with Crippen LogP contribution in [0.3, 0.4) is 0 Å². The van der Waals surface area contributed by atoms with Crippen molar-refractivity contribution in [3.05, 3.63) is 34.2 Å². The standard InChI is InChI=1S/C14H18N2O4/c1-15-4-10(2-3-12(15)18)13(19)16-5-11-6-20-9-14(11,7-16)8-17/h2-4,11,17H,5-9H2,1H3/t11-,14-/m0/s1. The van der Waals surface area contributed by atoms with E-state index in [2.05, 4.69) is 0 Å². The monoisotopic (exact) mass is 278 g/mol. The van der Waals surface area contributed by atoms with E-state index in [1.807, 2.05) is 0 Å². The maximum atomic E-state index is 12.5. The number of rotatable bonds is 2. The summed E-state index contributed by atoms with van der Waals surface area (Å²) in [5.74, 6) is 0.104. The van der Waals surface area contributed by atoms with Crippen LogP contribution in [0.25, 0.3) is 0 Å². The molecular formula is C14H18N2O4. The molecule has 6 nitrogen and oxygen atoms in total. The maximum Gasteiger partial charge on any atom is 0.255 e. The molecule has 2 saturated heterocycles. The highest BCUT2D eigenvalue weighted by Gasteiger charge is 2.51. The number of hydrogen-bond acceptors (Lipinski definition) is 4. The molecule has 108 valence electrons. The average molecular weight is 278 g/mol. The summed E-state index contributed by atoms with van der Waals surface area (Å²) in [6, 6.07) is 2.95. The number of amides is 1. The third kappa shape index (κ3) is 1.96. The van der Waals surface area contributed by atoms with Gasteiger partial charge in [0.05, 0.1) is 25.4 Å². The van der Waals surface area contributed by atoms with E-state index in [4.69, 9.17) is 4.74 Å². The molecule has 0 saturated carbocycles. The minimum absolute atomic E-state index is 0.0364. The van der Waals surface area contributed by atoms with Crippen LogP contribution in [0.15, 0.2) is 23.1 Å². The van der Waals surface area contributed by atoms with Crippen LogP contribution < -0.4 is 5.56 Å². The van der Waals surface area contributed by atoms with Crippen molar-refractivity contribution in [3.63, 3.8) is 0 Å². The number of aromatic nitrogens is 1. The Bertz CT molecular complexity index is 597. The number of nitrogens with zero attached hydrogens (tertiary/aromatic N) is 2. The molecule has 0 bridgehead atoms. The van der Waals surface area contributed by atoms with Crippen molar-refractivity contribution in [3.8, 4) is 0 Å². The Balaban J connectivity index is 1.82. The fourth-order valence-electron chi connectivity index (χ4n) is 3.11. The van der Waals surface area contributed by atoms with E-state index in [-0.39, 0.29) is 29.4 Å². The molecule has 3 heterocycles. The lowest BCUT2D eigenvalue weighted by atomic mass is 9.82. The topological polar surface area (TPSA) is 71.8 Å². The van der Waals surface area contributed by atoms with Crippen LogP contribution in [0.2, 0.25) is 0 Å². The van der Waals surface area contributed by atoms with Gasteiger partial charge in [0.1, 0.15) is 0 Å². The van der Waals surface area contributed by atoms with Crippen molar-refractivity contribution in [2.45, 2.75) is 0 Å². The van der Waals surface area contributed by atoms with E-state index in [9.17, 15) is 14.7 Å². The average Bonchev–Trinajstić information content (AvgIpc) is 2.98. The molecule has 2 aliphatic rings. The highest BCUT2D eigenvalue weighted by atomic mass is 16.5. The lowest BCUT2D eigenvalue weighted by Gasteiger charge is -2.24. The molecule has 1 aromatic rings. The Morgan fingerprint density at radius 2 is 2.35 bits per heavy atom. The van der Waals surface area contributed by atoms with E-state index >= 15 is 0 Å². The Labute approximate surface area is 116 Å². The van der Waals surface area contributed by atoms with E-state index in [0.29, 0.717) is 31.9 Å². The van der Waals surface area contributed by atoms with E-state index in [1.165, 1.54) is 10.6 Å². The van der Waals surface area contributed by atoms with Gasteiger partial charge in [0.25, 0.3) is 5.91 Å². The van der Waals surface area contributed by atoms with Gasteiger partial charge in [-0.2, -0.15) is 0 Å². The van der Waals surface area contributed by atoms with Crippen molar-refractivity contribution < 1.29 is 14.6 Å². The molecule has 1 amide bonds. The van der Waals surface area contributed by atoms with Crippen LogP contribution in [-0.2, 0) is 11.8 Å². The summed E-state index contributed by atoms with van der Waals surface area (Å²) in [6.07, 6.45) is 1.56. The zero-order chi connectivity index (χ0) is 14.3. The molecule has 1 N–H and O–H groups in total. The number of likely N-dealkylation sites (tertiary alicyclic amines) is 1. The molecule has 0 spiro atoms. The zero-order valence-corrected chi connectivity index (χ0v) is 11.4. The summed E-state index contributed by atoms with van der Waals surface area (Å²) in [5.41, 5.74) is 0.0530. The molecule has 0 aliphatic carbocycles. The van der Waals surface area contributed by atoms with Crippen molar-refractivity contribution in [2.75, 3.05) is 32.9 Å².